The maximum absolute atomic E-state index is 13.3. The number of anilines is 1. The van der Waals surface area contributed by atoms with Gasteiger partial charge in [-0.15, -0.1) is 0 Å². The molecule has 2 unspecified atom stereocenters. The van der Waals surface area contributed by atoms with Crippen molar-refractivity contribution in [1.29, 1.82) is 0 Å². The molecule has 4 heteroatoms. The lowest BCUT2D eigenvalue weighted by atomic mass is 9.63. The fraction of sp³-hybridized carbons (Fsp3) is 0.562. The van der Waals surface area contributed by atoms with Crippen molar-refractivity contribution in [3.63, 3.8) is 0 Å². The van der Waals surface area contributed by atoms with Crippen molar-refractivity contribution in [3.05, 3.63) is 30.1 Å². The van der Waals surface area contributed by atoms with Crippen LogP contribution in [0.3, 0.4) is 0 Å². The van der Waals surface area contributed by atoms with Crippen molar-refractivity contribution in [1.82, 2.24) is 0 Å². The monoisotopic (exact) mass is 278 g/mol. The van der Waals surface area contributed by atoms with Crippen molar-refractivity contribution in [2.24, 2.45) is 17.1 Å². The molecule has 0 aromatic heterocycles. The molecule has 1 aromatic rings. The average molecular weight is 278 g/mol. The molecule has 2 rings (SSSR count). The molecular formula is C16H23FN2O. The van der Waals surface area contributed by atoms with Gasteiger partial charge in [-0.3, -0.25) is 4.79 Å². The highest BCUT2D eigenvalue weighted by atomic mass is 19.1. The van der Waals surface area contributed by atoms with Gasteiger partial charge in [0.25, 0.3) is 0 Å². The van der Waals surface area contributed by atoms with Crippen LogP contribution in [0, 0.1) is 17.2 Å². The van der Waals surface area contributed by atoms with E-state index in [0.29, 0.717) is 12.1 Å². The molecular weight excluding hydrogens is 255 g/mol. The summed E-state index contributed by atoms with van der Waals surface area (Å²) in [6.07, 6.45) is 2.51. The molecule has 1 saturated carbocycles. The van der Waals surface area contributed by atoms with Crippen LogP contribution in [0.25, 0.3) is 0 Å². The van der Waals surface area contributed by atoms with E-state index < -0.39 is 5.54 Å². The van der Waals surface area contributed by atoms with E-state index in [9.17, 15) is 9.18 Å². The summed E-state index contributed by atoms with van der Waals surface area (Å²) in [6, 6.07) is 6.18. The summed E-state index contributed by atoms with van der Waals surface area (Å²) in [5.41, 5.74) is 5.70. The Morgan fingerprint density at radius 1 is 1.40 bits per heavy atom. The summed E-state index contributed by atoms with van der Waals surface area (Å²) in [7, 11) is 0. The number of amides is 1. The normalized spacial score (nSPS) is 28.9. The molecule has 1 aliphatic rings. The number of rotatable bonds is 3. The predicted molar refractivity (Wildman–Crippen MR) is 78.7 cm³/mol. The summed E-state index contributed by atoms with van der Waals surface area (Å²) >= 11 is 0. The SMILES string of the molecule is CC1CC(C)(C)CCC1(Nc1cccc(F)c1)C(N)=O. The lowest BCUT2D eigenvalue weighted by molar-refractivity contribution is -0.126. The maximum atomic E-state index is 13.3. The number of benzene rings is 1. The van der Waals surface area contributed by atoms with Crippen LogP contribution in [0.5, 0.6) is 0 Å². The molecule has 3 nitrogen and oxygen atoms in total. The zero-order chi connectivity index (χ0) is 15.0. The molecule has 1 aromatic carbocycles. The number of hydrogen-bond donors (Lipinski definition) is 2. The topological polar surface area (TPSA) is 55.1 Å². The standard InChI is InChI=1S/C16H23FN2O/c1-11-10-15(2,3)7-8-16(11,14(18)20)19-13-6-4-5-12(17)9-13/h4-6,9,11,19H,7-8,10H2,1-3H3,(H2,18,20). The van der Waals surface area contributed by atoms with E-state index in [1.807, 2.05) is 6.92 Å². The largest absolute Gasteiger partial charge is 0.371 e. The molecule has 0 aliphatic heterocycles. The molecule has 1 aliphatic carbocycles. The Morgan fingerprint density at radius 3 is 2.65 bits per heavy atom. The Kier molecular flexibility index (Phi) is 3.76. The summed E-state index contributed by atoms with van der Waals surface area (Å²) < 4.78 is 13.3. The van der Waals surface area contributed by atoms with Gasteiger partial charge in [0.05, 0.1) is 0 Å². The lowest BCUT2D eigenvalue weighted by Gasteiger charge is -2.47. The van der Waals surface area contributed by atoms with Gasteiger partial charge in [-0.05, 0) is 48.8 Å². The molecule has 0 bridgehead atoms. The average Bonchev–Trinajstić information content (AvgIpc) is 2.32. The fourth-order valence-electron chi connectivity index (χ4n) is 3.32. The molecule has 110 valence electrons. The number of nitrogens with two attached hydrogens (primary N) is 1. The molecule has 0 radical (unpaired) electrons. The highest BCUT2D eigenvalue weighted by molar-refractivity contribution is 5.88. The van der Waals surface area contributed by atoms with Gasteiger partial charge < -0.3 is 11.1 Å². The minimum Gasteiger partial charge on any atom is -0.371 e. The Morgan fingerprint density at radius 2 is 2.10 bits per heavy atom. The first-order chi connectivity index (χ1) is 9.25. The second-order valence-electron chi connectivity index (χ2n) is 6.74. The number of carbonyl (C=O) groups excluding carboxylic acids is 1. The number of primary amides is 1. The number of nitrogens with one attached hydrogen (secondary N) is 1. The van der Waals surface area contributed by atoms with E-state index >= 15 is 0 Å². The van der Waals surface area contributed by atoms with Crippen LogP contribution in [0.4, 0.5) is 10.1 Å². The molecule has 3 N–H and O–H groups in total. The first kappa shape index (κ1) is 14.8. The Labute approximate surface area is 119 Å². The predicted octanol–water partition coefficient (Wildman–Crippen LogP) is 3.31. The molecule has 0 spiro atoms. The van der Waals surface area contributed by atoms with Gasteiger partial charge in [0, 0.05) is 5.69 Å². The Bertz CT molecular complexity index is 515. The first-order valence-corrected chi connectivity index (χ1v) is 7.09. The first-order valence-electron chi connectivity index (χ1n) is 7.09. The van der Waals surface area contributed by atoms with Crippen LogP contribution in [-0.4, -0.2) is 11.4 Å². The zero-order valence-electron chi connectivity index (χ0n) is 12.4. The van der Waals surface area contributed by atoms with Crippen LogP contribution in [-0.2, 0) is 4.79 Å². The molecule has 0 saturated heterocycles. The Hall–Kier alpha value is -1.58. The van der Waals surface area contributed by atoms with Gasteiger partial charge in [0.15, 0.2) is 0 Å². The van der Waals surface area contributed by atoms with Crippen molar-refractivity contribution in [2.45, 2.75) is 45.6 Å². The summed E-state index contributed by atoms with van der Waals surface area (Å²) in [5, 5.41) is 3.21. The van der Waals surface area contributed by atoms with Gasteiger partial charge in [-0.2, -0.15) is 0 Å². The van der Waals surface area contributed by atoms with E-state index in [4.69, 9.17) is 5.73 Å². The van der Waals surface area contributed by atoms with Crippen LogP contribution in [0.15, 0.2) is 24.3 Å². The van der Waals surface area contributed by atoms with Gasteiger partial charge in [0.1, 0.15) is 11.4 Å². The minimum atomic E-state index is -0.788. The highest BCUT2D eigenvalue weighted by Gasteiger charge is 2.48. The summed E-state index contributed by atoms with van der Waals surface area (Å²) in [4.78, 5) is 12.1. The van der Waals surface area contributed by atoms with E-state index in [1.165, 1.54) is 12.1 Å². The van der Waals surface area contributed by atoms with Crippen molar-refractivity contribution >= 4 is 11.6 Å². The quantitative estimate of drug-likeness (QED) is 0.891. The number of hydrogen-bond acceptors (Lipinski definition) is 2. The van der Waals surface area contributed by atoms with Gasteiger partial charge >= 0.3 is 0 Å². The fourth-order valence-corrected chi connectivity index (χ4v) is 3.32. The second-order valence-corrected chi connectivity index (χ2v) is 6.74. The third-order valence-corrected chi connectivity index (χ3v) is 4.53. The van der Waals surface area contributed by atoms with Crippen molar-refractivity contribution in [3.8, 4) is 0 Å². The molecule has 2 atom stereocenters. The second kappa shape index (κ2) is 5.08. The van der Waals surface area contributed by atoms with Crippen LogP contribution < -0.4 is 11.1 Å². The molecule has 20 heavy (non-hydrogen) atoms. The molecule has 0 heterocycles. The van der Waals surface area contributed by atoms with E-state index in [-0.39, 0.29) is 23.1 Å². The highest BCUT2D eigenvalue weighted by Crippen LogP contribution is 2.45. The molecule has 1 fully saturated rings. The maximum Gasteiger partial charge on any atom is 0.243 e. The zero-order valence-corrected chi connectivity index (χ0v) is 12.4. The van der Waals surface area contributed by atoms with E-state index in [0.717, 1.165) is 12.8 Å². The van der Waals surface area contributed by atoms with Crippen molar-refractivity contribution < 1.29 is 9.18 Å². The van der Waals surface area contributed by atoms with Crippen LogP contribution in [0.1, 0.15) is 40.0 Å². The van der Waals surface area contributed by atoms with E-state index in [1.54, 1.807) is 12.1 Å². The van der Waals surface area contributed by atoms with Gasteiger partial charge in [-0.25, -0.2) is 4.39 Å². The smallest absolute Gasteiger partial charge is 0.243 e. The summed E-state index contributed by atoms with van der Waals surface area (Å²) in [6.45, 7) is 6.45. The Balaban J connectivity index is 2.29. The van der Waals surface area contributed by atoms with Gasteiger partial charge in [0.2, 0.25) is 5.91 Å². The lowest BCUT2D eigenvalue weighted by Crippen LogP contribution is -2.58. The van der Waals surface area contributed by atoms with E-state index in [2.05, 4.69) is 19.2 Å². The third kappa shape index (κ3) is 2.79. The number of halogens is 1. The third-order valence-electron chi connectivity index (χ3n) is 4.53. The molecule has 1 amide bonds. The van der Waals surface area contributed by atoms with Gasteiger partial charge in [-0.1, -0.05) is 26.8 Å². The minimum absolute atomic E-state index is 0.104. The summed E-state index contributed by atoms with van der Waals surface area (Å²) in [5.74, 6) is -0.574. The van der Waals surface area contributed by atoms with Crippen LogP contribution in [0.2, 0.25) is 0 Å². The number of carbonyl (C=O) groups is 1. The van der Waals surface area contributed by atoms with Crippen LogP contribution >= 0.6 is 0 Å². The van der Waals surface area contributed by atoms with Crippen molar-refractivity contribution in [2.75, 3.05) is 5.32 Å².